The molecule has 29 heavy (non-hydrogen) atoms. The van der Waals surface area contributed by atoms with Crippen molar-refractivity contribution in [2.24, 2.45) is 16.3 Å². The Kier molecular flexibility index (Phi) is 8.49. The molecule has 3 heterocycles. The van der Waals surface area contributed by atoms with Gasteiger partial charge < -0.3 is 24.4 Å². The average molecular weight is 521 g/mol. The molecule has 4 rings (SSSR count). The highest BCUT2D eigenvalue weighted by Crippen LogP contribution is 2.52. The van der Waals surface area contributed by atoms with Crippen molar-refractivity contribution >= 4 is 29.9 Å². The third-order valence-electron chi connectivity index (χ3n) is 7.23. The lowest BCUT2D eigenvalue weighted by Crippen LogP contribution is -2.68. The first-order chi connectivity index (χ1) is 13.6. The van der Waals surface area contributed by atoms with Crippen molar-refractivity contribution in [3.8, 4) is 0 Å². The van der Waals surface area contributed by atoms with Crippen molar-refractivity contribution in [3.05, 3.63) is 0 Å². The van der Waals surface area contributed by atoms with E-state index in [9.17, 15) is 0 Å². The van der Waals surface area contributed by atoms with Gasteiger partial charge in [0.25, 0.3) is 0 Å². The maximum Gasteiger partial charge on any atom is 0.194 e. The second kappa shape index (κ2) is 10.5. The van der Waals surface area contributed by atoms with E-state index in [-0.39, 0.29) is 29.4 Å². The van der Waals surface area contributed by atoms with Crippen LogP contribution in [0, 0.1) is 11.3 Å². The van der Waals surface area contributed by atoms with E-state index in [0.29, 0.717) is 30.3 Å². The molecule has 3 aliphatic heterocycles. The predicted octanol–water partition coefficient (Wildman–Crippen LogP) is 3.43. The first-order valence-electron chi connectivity index (χ1n) is 11.5. The summed E-state index contributed by atoms with van der Waals surface area (Å²) in [6.45, 7) is 12.2. The molecule has 6 nitrogen and oxygen atoms in total. The lowest BCUT2D eigenvalue weighted by Gasteiger charge is -2.55. The lowest BCUT2D eigenvalue weighted by molar-refractivity contribution is -0.107. The van der Waals surface area contributed by atoms with Gasteiger partial charge in [0.15, 0.2) is 5.96 Å². The van der Waals surface area contributed by atoms with Gasteiger partial charge in [-0.25, -0.2) is 0 Å². The number of rotatable bonds is 5. The van der Waals surface area contributed by atoms with Crippen LogP contribution in [0.5, 0.6) is 0 Å². The van der Waals surface area contributed by atoms with Crippen molar-refractivity contribution in [3.63, 3.8) is 0 Å². The first kappa shape index (κ1) is 23.5. The molecule has 3 saturated heterocycles. The van der Waals surface area contributed by atoms with E-state index < -0.39 is 0 Å². The maximum atomic E-state index is 6.19. The van der Waals surface area contributed by atoms with Crippen molar-refractivity contribution in [2.75, 3.05) is 39.5 Å². The Hall–Kier alpha value is -0.120. The third kappa shape index (κ3) is 5.21. The number of hydrogen-bond acceptors (Lipinski definition) is 4. The summed E-state index contributed by atoms with van der Waals surface area (Å²) in [4.78, 5) is 7.25. The molecule has 7 heteroatoms. The number of nitrogens with one attached hydrogen (secondary N) is 1. The molecule has 1 aliphatic carbocycles. The topological polar surface area (TPSA) is 55.3 Å². The number of piperidine rings is 1. The standard InChI is InChI=1S/C22H39N3O3.HI/c1-4-23-21(24-19-18-10-14-27-20(18)22(19,2)3)25-11-8-16(9-12-25)28-15-17-7-5-6-13-26-17;/h16-20H,4-15H2,1-3H3,(H,23,24);1H. The van der Waals surface area contributed by atoms with Gasteiger partial charge in [0, 0.05) is 50.2 Å². The second-order valence-corrected chi connectivity index (χ2v) is 9.49. The summed E-state index contributed by atoms with van der Waals surface area (Å²) in [6, 6.07) is 0.461. The minimum Gasteiger partial charge on any atom is -0.377 e. The molecule has 0 aromatic rings. The molecule has 0 spiro atoms. The van der Waals surface area contributed by atoms with Crippen molar-refractivity contribution < 1.29 is 14.2 Å². The van der Waals surface area contributed by atoms with E-state index in [2.05, 4.69) is 31.0 Å². The number of ether oxygens (including phenoxy) is 3. The van der Waals surface area contributed by atoms with Crippen LogP contribution in [0.1, 0.15) is 59.3 Å². The van der Waals surface area contributed by atoms with Gasteiger partial charge in [-0.3, -0.25) is 4.99 Å². The summed E-state index contributed by atoms with van der Waals surface area (Å²) in [5.74, 6) is 1.72. The maximum absolute atomic E-state index is 6.19. The highest BCUT2D eigenvalue weighted by Gasteiger charge is 2.59. The third-order valence-corrected chi connectivity index (χ3v) is 7.23. The van der Waals surface area contributed by atoms with Crippen LogP contribution in [0.3, 0.4) is 0 Å². The molecule has 0 aromatic heterocycles. The molecular weight excluding hydrogens is 481 g/mol. The number of fused-ring (bicyclic) bond motifs is 1. The van der Waals surface area contributed by atoms with E-state index in [1.807, 2.05) is 0 Å². The van der Waals surface area contributed by atoms with Gasteiger partial charge in [-0.05, 0) is 45.4 Å². The molecule has 1 N–H and O–H groups in total. The highest BCUT2D eigenvalue weighted by molar-refractivity contribution is 14.0. The molecule has 0 aromatic carbocycles. The lowest BCUT2D eigenvalue weighted by atomic mass is 9.57. The summed E-state index contributed by atoms with van der Waals surface area (Å²) in [7, 11) is 0. The number of aliphatic imine (C=N–C) groups is 1. The number of hydrogen-bond donors (Lipinski definition) is 1. The van der Waals surface area contributed by atoms with Crippen LogP contribution in [0.4, 0.5) is 0 Å². The fraction of sp³-hybridized carbons (Fsp3) is 0.955. The molecular formula is C22H40IN3O3. The van der Waals surface area contributed by atoms with Crippen LogP contribution in [0.2, 0.25) is 0 Å². The van der Waals surface area contributed by atoms with Gasteiger partial charge in [-0.1, -0.05) is 13.8 Å². The summed E-state index contributed by atoms with van der Waals surface area (Å²) in [5.41, 5.74) is 0.178. The predicted molar refractivity (Wildman–Crippen MR) is 126 cm³/mol. The summed E-state index contributed by atoms with van der Waals surface area (Å²) in [5, 5.41) is 3.82. The number of likely N-dealkylation sites (tertiary alicyclic amines) is 1. The molecule has 1 saturated carbocycles. The van der Waals surface area contributed by atoms with Gasteiger partial charge in [0.2, 0.25) is 0 Å². The number of nitrogens with zero attached hydrogens (tertiary/aromatic N) is 2. The number of guanidine groups is 1. The quantitative estimate of drug-likeness (QED) is 0.342. The Morgan fingerprint density at radius 2 is 1.90 bits per heavy atom. The van der Waals surface area contributed by atoms with Crippen LogP contribution in [-0.4, -0.2) is 74.7 Å². The Morgan fingerprint density at radius 3 is 2.59 bits per heavy atom. The van der Waals surface area contributed by atoms with Crippen molar-refractivity contribution in [1.82, 2.24) is 10.2 Å². The molecule has 4 atom stereocenters. The summed E-state index contributed by atoms with van der Waals surface area (Å²) < 4.78 is 17.9. The fourth-order valence-electron chi connectivity index (χ4n) is 5.56. The van der Waals surface area contributed by atoms with E-state index in [0.717, 1.165) is 64.7 Å². The molecule has 0 bridgehead atoms. The van der Waals surface area contributed by atoms with Gasteiger partial charge in [-0.2, -0.15) is 0 Å². The highest BCUT2D eigenvalue weighted by atomic mass is 127. The Balaban J connectivity index is 0.00000240. The number of halogens is 1. The van der Waals surface area contributed by atoms with Gasteiger partial charge in [0.1, 0.15) is 0 Å². The van der Waals surface area contributed by atoms with Crippen molar-refractivity contribution in [2.45, 2.75) is 83.6 Å². The summed E-state index contributed by atoms with van der Waals surface area (Å²) >= 11 is 0. The van der Waals surface area contributed by atoms with Crippen molar-refractivity contribution in [1.29, 1.82) is 0 Å². The molecule has 4 unspecified atom stereocenters. The van der Waals surface area contributed by atoms with Gasteiger partial charge >= 0.3 is 0 Å². The van der Waals surface area contributed by atoms with Gasteiger partial charge in [0.05, 0.1) is 24.9 Å². The molecule has 4 fully saturated rings. The largest absolute Gasteiger partial charge is 0.377 e. The zero-order chi connectivity index (χ0) is 19.6. The minimum atomic E-state index is 0. The first-order valence-corrected chi connectivity index (χ1v) is 11.5. The fourth-order valence-corrected chi connectivity index (χ4v) is 5.56. The van der Waals surface area contributed by atoms with Crippen LogP contribution < -0.4 is 5.32 Å². The van der Waals surface area contributed by atoms with E-state index in [1.54, 1.807) is 0 Å². The molecule has 168 valence electrons. The van der Waals surface area contributed by atoms with Crippen LogP contribution in [0.25, 0.3) is 0 Å². The van der Waals surface area contributed by atoms with Gasteiger partial charge in [-0.15, -0.1) is 24.0 Å². The SMILES string of the molecule is CCN=C(NC1C2CCOC2C1(C)C)N1CCC(OCC2CCCCO2)CC1.I. The Bertz CT molecular complexity index is 545. The van der Waals surface area contributed by atoms with E-state index in [1.165, 1.54) is 19.3 Å². The normalized spacial score (nSPS) is 34.9. The molecule has 0 amide bonds. The molecule has 4 aliphatic rings. The van der Waals surface area contributed by atoms with Crippen LogP contribution >= 0.6 is 24.0 Å². The van der Waals surface area contributed by atoms with Crippen LogP contribution in [0.15, 0.2) is 4.99 Å². The van der Waals surface area contributed by atoms with E-state index >= 15 is 0 Å². The zero-order valence-corrected chi connectivity index (χ0v) is 20.7. The summed E-state index contributed by atoms with van der Waals surface area (Å²) in [6.07, 6.45) is 8.02. The minimum absolute atomic E-state index is 0. The van der Waals surface area contributed by atoms with Crippen LogP contribution in [-0.2, 0) is 14.2 Å². The second-order valence-electron chi connectivity index (χ2n) is 9.49. The monoisotopic (exact) mass is 521 g/mol. The van der Waals surface area contributed by atoms with E-state index in [4.69, 9.17) is 19.2 Å². The average Bonchev–Trinajstić information content (AvgIpc) is 3.18. The zero-order valence-electron chi connectivity index (χ0n) is 18.4. The Morgan fingerprint density at radius 1 is 1.10 bits per heavy atom. The smallest absolute Gasteiger partial charge is 0.194 e. The molecule has 0 radical (unpaired) electrons. The Labute approximate surface area is 193 Å².